The van der Waals surface area contributed by atoms with Gasteiger partial charge >= 0.3 is 5.97 Å². The first-order chi connectivity index (χ1) is 9.31. The van der Waals surface area contributed by atoms with Crippen molar-refractivity contribution in [3.8, 4) is 0 Å². The molecule has 3 atom stereocenters. The van der Waals surface area contributed by atoms with E-state index in [0.717, 1.165) is 0 Å². The lowest BCUT2D eigenvalue weighted by atomic mass is 9.71. The molecule has 4 nitrogen and oxygen atoms in total. The summed E-state index contributed by atoms with van der Waals surface area (Å²) in [7, 11) is 0. The van der Waals surface area contributed by atoms with Crippen LogP contribution in [0.3, 0.4) is 0 Å². The molecule has 6 heteroatoms. The molecule has 112 valence electrons. The average molecular weight is 286 g/mol. The molecule has 0 aromatic rings. The Hall–Kier alpha value is -1.43. The molecule has 20 heavy (non-hydrogen) atoms. The van der Waals surface area contributed by atoms with E-state index in [1.807, 2.05) is 0 Å². The van der Waals surface area contributed by atoms with Crippen LogP contribution in [0, 0.1) is 23.0 Å². The number of halogens is 2. The summed E-state index contributed by atoms with van der Waals surface area (Å²) in [6, 6.07) is 0. The SMILES string of the molecule is CC(C(=O)O)C1CCC(F)(F)[C@@H](C2=CCN([O-])C=C2)C1. The lowest BCUT2D eigenvalue weighted by Gasteiger charge is -2.39. The van der Waals surface area contributed by atoms with Crippen LogP contribution in [0.2, 0.25) is 0 Å². The maximum atomic E-state index is 14.1. The zero-order chi connectivity index (χ0) is 14.9. The van der Waals surface area contributed by atoms with E-state index in [0.29, 0.717) is 10.6 Å². The molecule has 0 aromatic heterocycles. The molecule has 1 saturated carbocycles. The molecule has 1 aliphatic heterocycles. The number of hydroxylamine groups is 2. The van der Waals surface area contributed by atoms with E-state index in [2.05, 4.69) is 0 Å². The number of rotatable bonds is 3. The molecule has 0 bridgehead atoms. The third-order valence-corrected chi connectivity index (χ3v) is 4.34. The minimum Gasteiger partial charge on any atom is -0.758 e. The Morgan fingerprint density at radius 3 is 2.85 bits per heavy atom. The van der Waals surface area contributed by atoms with Crippen LogP contribution in [0.5, 0.6) is 0 Å². The maximum Gasteiger partial charge on any atom is 0.306 e. The van der Waals surface area contributed by atoms with E-state index in [1.165, 1.54) is 18.4 Å². The topological polar surface area (TPSA) is 63.6 Å². The van der Waals surface area contributed by atoms with Crippen molar-refractivity contribution in [3.05, 3.63) is 29.1 Å². The highest BCUT2D eigenvalue weighted by Crippen LogP contribution is 2.47. The predicted molar refractivity (Wildman–Crippen MR) is 69.9 cm³/mol. The van der Waals surface area contributed by atoms with Crippen LogP contribution < -0.4 is 0 Å². The Balaban J connectivity index is 2.16. The van der Waals surface area contributed by atoms with E-state index in [4.69, 9.17) is 5.11 Å². The Kier molecular flexibility index (Phi) is 4.13. The summed E-state index contributed by atoms with van der Waals surface area (Å²) in [6.07, 6.45) is 4.25. The molecule has 0 saturated heterocycles. The number of carboxylic acids is 1. The van der Waals surface area contributed by atoms with Gasteiger partial charge in [0.15, 0.2) is 0 Å². The summed E-state index contributed by atoms with van der Waals surface area (Å²) in [5.41, 5.74) is 0.449. The quantitative estimate of drug-likeness (QED) is 0.866. The van der Waals surface area contributed by atoms with E-state index in [-0.39, 0.29) is 31.7 Å². The second-order valence-corrected chi connectivity index (χ2v) is 5.59. The van der Waals surface area contributed by atoms with Gasteiger partial charge in [-0.25, -0.2) is 8.78 Å². The number of nitrogens with zero attached hydrogens (tertiary/aromatic N) is 1. The van der Waals surface area contributed by atoms with Crippen LogP contribution in [0.4, 0.5) is 8.78 Å². The normalized spacial score (nSPS) is 30.8. The molecular weight excluding hydrogens is 268 g/mol. The van der Waals surface area contributed by atoms with Crippen molar-refractivity contribution in [2.75, 3.05) is 6.54 Å². The molecule has 1 N–H and O–H groups in total. The van der Waals surface area contributed by atoms with Gasteiger partial charge < -0.3 is 15.4 Å². The fourth-order valence-corrected chi connectivity index (χ4v) is 2.93. The van der Waals surface area contributed by atoms with Gasteiger partial charge in [-0.05, 0) is 36.6 Å². The molecule has 2 aliphatic rings. The van der Waals surface area contributed by atoms with Crippen LogP contribution >= 0.6 is 0 Å². The zero-order valence-electron chi connectivity index (χ0n) is 11.3. The van der Waals surface area contributed by atoms with Crippen LogP contribution in [-0.2, 0) is 4.79 Å². The molecule has 2 rings (SSSR count). The summed E-state index contributed by atoms with van der Waals surface area (Å²) >= 11 is 0. The monoisotopic (exact) mass is 286 g/mol. The molecule has 1 heterocycles. The number of hydrogen-bond donors (Lipinski definition) is 1. The van der Waals surface area contributed by atoms with E-state index < -0.39 is 23.7 Å². The van der Waals surface area contributed by atoms with Crippen molar-refractivity contribution in [2.45, 2.75) is 32.1 Å². The lowest BCUT2D eigenvalue weighted by molar-refractivity contribution is -0.146. The molecule has 0 radical (unpaired) electrons. The van der Waals surface area contributed by atoms with Crippen LogP contribution in [0.15, 0.2) is 23.9 Å². The van der Waals surface area contributed by atoms with E-state index in [1.54, 1.807) is 6.92 Å². The number of carbonyl (C=O) groups is 1. The van der Waals surface area contributed by atoms with Gasteiger partial charge in [-0.3, -0.25) is 4.79 Å². The van der Waals surface area contributed by atoms with Crippen molar-refractivity contribution >= 4 is 5.97 Å². The minimum atomic E-state index is -2.84. The number of hydrogen-bond acceptors (Lipinski definition) is 3. The summed E-state index contributed by atoms with van der Waals surface area (Å²) < 4.78 is 28.1. The van der Waals surface area contributed by atoms with Gasteiger partial charge in [-0.2, -0.15) is 0 Å². The summed E-state index contributed by atoms with van der Waals surface area (Å²) in [5.74, 6) is -5.66. The standard InChI is InChI=1S/C14H18F2NO3/c1-9(13(18)19)11-2-5-14(15,16)12(8-11)10-3-6-17(20)7-4-10/h3-4,6,9,11-12H,2,5,7-8H2,1H3,(H,18,19)/q-1/t9?,11?,12-/m1/s1. The highest BCUT2D eigenvalue weighted by Gasteiger charge is 2.47. The summed E-state index contributed by atoms with van der Waals surface area (Å²) in [4.78, 5) is 11.0. The first kappa shape index (κ1) is 15.0. The fraction of sp³-hybridized carbons (Fsp3) is 0.643. The fourth-order valence-electron chi connectivity index (χ4n) is 2.93. The van der Waals surface area contributed by atoms with Gasteiger partial charge in [0.1, 0.15) is 0 Å². The molecule has 2 unspecified atom stereocenters. The largest absolute Gasteiger partial charge is 0.758 e. The Morgan fingerprint density at radius 2 is 2.30 bits per heavy atom. The van der Waals surface area contributed by atoms with Crippen LogP contribution in [0.25, 0.3) is 0 Å². The molecular formula is C14H18F2NO3-. The molecule has 1 fully saturated rings. The van der Waals surface area contributed by atoms with Crippen LogP contribution in [-0.4, -0.2) is 28.6 Å². The van der Waals surface area contributed by atoms with Gasteiger partial charge in [0, 0.05) is 18.9 Å². The smallest absolute Gasteiger partial charge is 0.306 e. The average Bonchev–Trinajstić information content (AvgIpc) is 2.39. The summed E-state index contributed by atoms with van der Waals surface area (Å²) in [6.45, 7) is 1.63. The Labute approximate surface area is 116 Å². The lowest BCUT2D eigenvalue weighted by Crippen LogP contribution is -2.39. The highest BCUT2D eigenvalue weighted by molar-refractivity contribution is 5.69. The maximum absolute atomic E-state index is 14.1. The van der Waals surface area contributed by atoms with Crippen molar-refractivity contribution < 1.29 is 18.7 Å². The number of allylic oxidation sites excluding steroid dienone is 2. The van der Waals surface area contributed by atoms with Crippen LogP contribution in [0.1, 0.15) is 26.2 Å². The third kappa shape index (κ3) is 3.00. The first-order valence-electron chi connectivity index (χ1n) is 6.74. The van der Waals surface area contributed by atoms with Gasteiger partial charge in [-0.1, -0.05) is 13.0 Å². The van der Waals surface area contributed by atoms with Crippen molar-refractivity contribution in [1.82, 2.24) is 5.06 Å². The number of alkyl halides is 2. The minimum absolute atomic E-state index is 0.0670. The zero-order valence-corrected chi connectivity index (χ0v) is 11.3. The van der Waals surface area contributed by atoms with Crippen molar-refractivity contribution in [3.63, 3.8) is 0 Å². The van der Waals surface area contributed by atoms with Gasteiger partial charge in [0.05, 0.1) is 5.92 Å². The van der Waals surface area contributed by atoms with Gasteiger partial charge in [0.2, 0.25) is 0 Å². The molecule has 0 amide bonds. The third-order valence-electron chi connectivity index (χ3n) is 4.34. The number of aliphatic carboxylic acids is 1. The van der Waals surface area contributed by atoms with Crippen molar-refractivity contribution in [2.24, 2.45) is 17.8 Å². The number of carboxylic acid groups (broad SMARTS) is 1. The predicted octanol–water partition coefficient (Wildman–Crippen LogP) is 3.01. The molecule has 1 aliphatic carbocycles. The molecule has 0 aromatic carbocycles. The van der Waals surface area contributed by atoms with E-state index >= 15 is 0 Å². The highest BCUT2D eigenvalue weighted by atomic mass is 19.3. The second kappa shape index (κ2) is 5.52. The van der Waals surface area contributed by atoms with Gasteiger partial charge in [-0.15, -0.1) is 0 Å². The second-order valence-electron chi connectivity index (χ2n) is 5.59. The van der Waals surface area contributed by atoms with Crippen molar-refractivity contribution in [1.29, 1.82) is 0 Å². The first-order valence-corrected chi connectivity index (χ1v) is 6.74. The van der Waals surface area contributed by atoms with Gasteiger partial charge in [0.25, 0.3) is 5.92 Å². The molecule has 0 spiro atoms. The summed E-state index contributed by atoms with van der Waals surface area (Å²) in [5, 5.41) is 20.7. The Morgan fingerprint density at radius 1 is 1.60 bits per heavy atom. The van der Waals surface area contributed by atoms with E-state index in [9.17, 15) is 18.8 Å². The Bertz CT molecular complexity index is 448.